The van der Waals surface area contributed by atoms with Crippen LogP contribution in [-0.2, 0) is 10.0 Å². The molecule has 33 heavy (non-hydrogen) atoms. The summed E-state index contributed by atoms with van der Waals surface area (Å²) >= 11 is 7.22. The summed E-state index contributed by atoms with van der Waals surface area (Å²) in [5.41, 5.74) is 0.0621. The molecule has 5 rings (SSSR count). The first kappa shape index (κ1) is 22.7. The van der Waals surface area contributed by atoms with E-state index in [0.717, 1.165) is 25.9 Å². The summed E-state index contributed by atoms with van der Waals surface area (Å²) in [6.45, 7) is 4.60. The third-order valence-corrected chi connectivity index (χ3v) is 8.48. The van der Waals surface area contributed by atoms with Gasteiger partial charge in [0, 0.05) is 37.1 Å². The molecular weight excluding hydrogens is 496 g/mol. The van der Waals surface area contributed by atoms with Gasteiger partial charge in [0.15, 0.2) is 10.0 Å². The van der Waals surface area contributed by atoms with Gasteiger partial charge in [-0.05, 0) is 31.9 Å². The van der Waals surface area contributed by atoms with Gasteiger partial charge in [0.05, 0.1) is 15.4 Å². The number of halogens is 3. The van der Waals surface area contributed by atoms with Crippen molar-refractivity contribution < 1.29 is 17.2 Å². The van der Waals surface area contributed by atoms with Crippen LogP contribution in [0.3, 0.4) is 0 Å². The van der Waals surface area contributed by atoms with Crippen LogP contribution in [0.1, 0.15) is 31.2 Å². The van der Waals surface area contributed by atoms with Crippen molar-refractivity contribution in [2.24, 2.45) is 0 Å². The first-order valence-corrected chi connectivity index (χ1v) is 13.0. The summed E-state index contributed by atoms with van der Waals surface area (Å²) in [7, 11) is -3.87. The molecule has 0 atom stereocenters. The Bertz CT molecular complexity index is 1330. The van der Waals surface area contributed by atoms with Crippen LogP contribution < -0.4 is 14.9 Å². The van der Waals surface area contributed by atoms with Crippen molar-refractivity contribution in [1.29, 1.82) is 0 Å². The SMILES string of the molecule is CC1(NS(=O)(=O)c2cc(Cl)c3nc(N4CCNCC4)nc(-c4nnc(C(F)F)s4)c3c2)CC1. The van der Waals surface area contributed by atoms with Crippen molar-refractivity contribution >= 4 is 49.8 Å². The van der Waals surface area contributed by atoms with E-state index in [4.69, 9.17) is 11.6 Å². The third kappa shape index (κ3) is 4.52. The zero-order valence-corrected chi connectivity index (χ0v) is 19.9. The summed E-state index contributed by atoms with van der Waals surface area (Å²) in [6, 6.07) is 2.76. The fourth-order valence-electron chi connectivity index (χ4n) is 3.57. The van der Waals surface area contributed by atoms with Crippen LogP contribution in [0.25, 0.3) is 21.6 Å². The number of nitrogens with one attached hydrogen (secondary N) is 2. The van der Waals surface area contributed by atoms with Gasteiger partial charge in [0.1, 0.15) is 5.69 Å². The van der Waals surface area contributed by atoms with Crippen LogP contribution in [0, 0.1) is 0 Å². The number of piperazine rings is 1. The summed E-state index contributed by atoms with van der Waals surface area (Å²) in [4.78, 5) is 11.1. The molecule has 1 aliphatic carbocycles. The number of anilines is 1. The molecule has 3 heterocycles. The molecule has 2 N–H and O–H groups in total. The molecule has 0 unspecified atom stereocenters. The summed E-state index contributed by atoms with van der Waals surface area (Å²) < 4.78 is 55.0. The van der Waals surface area contributed by atoms with Crippen molar-refractivity contribution in [3.05, 3.63) is 22.2 Å². The number of hydrogen-bond donors (Lipinski definition) is 2. The van der Waals surface area contributed by atoms with Gasteiger partial charge in [0.2, 0.25) is 16.0 Å². The lowest BCUT2D eigenvalue weighted by molar-refractivity contribution is 0.150. The van der Waals surface area contributed by atoms with E-state index in [9.17, 15) is 17.2 Å². The molecule has 14 heteroatoms. The first-order valence-electron chi connectivity index (χ1n) is 10.3. The van der Waals surface area contributed by atoms with E-state index < -0.39 is 27.0 Å². The van der Waals surface area contributed by atoms with Crippen LogP contribution in [0.5, 0.6) is 0 Å². The molecule has 2 aliphatic rings. The Morgan fingerprint density at radius 2 is 1.94 bits per heavy atom. The maximum Gasteiger partial charge on any atom is 0.291 e. The van der Waals surface area contributed by atoms with Gasteiger partial charge in [-0.2, -0.15) is 0 Å². The van der Waals surface area contributed by atoms with Crippen molar-refractivity contribution in [3.63, 3.8) is 0 Å². The van der Waals surface area contributed by atoms with Crippen molar-refractivity contribution in [1.82, 2.24) is 30.2 Å². The number of alkyl halides is 2. The van der Waals surface area contributed by atoms with Crippen molar-refractivity contribution in [2.75, 3.05) is 31.1 Å². The van der Waals surface area contributed by atoms with Gasteiger partial charge in [0.25, 0.3) is 6.43 Å². The van der Waals surface area contributed by atoms with Gasteiger partial charge in [-0.1, -0.05) is 22.9 Å². The number of aromatic nitrogens is 4. The standard InChI is InChI=1S/C19H20ClF2N7O2S2/c1-19(2-3-19)28-33(30,31)10-8-11-13(12(20)9-10)24-18(29-6-4-23-5-7-29)25-14(11)16-26-27-17(32-16)15(21)22/h8-9,15,23,28H,2-7H2,1H3. The monoisotopic (exact) mass is 515 g/mol. The van der Waals surface area contributed by atoms with E-state index in [1.165, 1.54) is 12.1 Å². The lowest BCUT2D eigenvalue weighted by atomic mass is 10.2. The summed E-state index contributed by atoms with van der Waals surface area (Å²) in [5.74, 6) is 0.369. The molecule has 1 aromatic carbocycles. The molecule has 1 saturated heterocycles. The minimum absolute atomic E-state index is 0.0495. The van der Waals surface area contributed by atoms with Crippen LogP contribution >= 0.6 is 22.9 Å². The lowest BCUT2D eigenvalue weighted by Crippen LogP contribution is -2.44. The Labute approximate surface area is 197 Å². The number of benzene rings is 1. The maximum absolute atomic E-state index is 13.2. The Hall–Kier alpha value is -2.06. The molecule has 0 spiro atoms. The smallest absolute Gasteiger partial charge is 0.291 e. The Kier molecular flexibility index (Phi) is 5.72. The van der Waals surface area contributed by atoms with Gasteiger partial charge < -0.3 is 10.2 Å². The second-order valence-electron chi connectivity index (χ2n) is 8.32. The van der Waals surface area contributed by atoms with Crippen molar-refractivity contribution in [2.45, 2.75) is 36.6 Å². The highest BCUT2D eigenvalue weighted by molar-refractivity contribution is 7.89. The van der Waals surface area contributed by atoms with E-state index in [0.29, 0.717) is 41.3 Å². The predicted molar refractivity (Wildman–Crippen MR) is 121 cm³/mol. The van der Waals surface area contributed by atoms with Crippen LogP contribution in [0.2, 0.25) is 5.02 Å². The molecule has 2 fully saturated rings. The number of sulfonamides is 1. The fourth-order valence-corrected chi connectivity index (χ4v) is 6.12. The third-order valence-electron chi connectivity index (χ3n) is 5.64. The first-order chi connectivity index (χ1) is 15.7. The van der Waals surface area contributed by atoms with Gasteiger partial charge >= 0.3 is 0 Å². The average molecular weight is 516 g/mol. The highest BCUT2D eigenvalue weighted by atomic mass is 35.5. The fraction of sp³-hybridized carbons (Fsp3) is 0.474. The number of nitrogens with zero attached hydrogens (tertiary/aromatic N) is 5. The van der Waals surface area contributed by atoms with Gasteiger partial charge in [-0.3, -0.25) is 0 Å². The molecule has 0 radical (unpaired) electrons. The summed E-state index contributed by atoms with van der Waals surface area (Å²) in [6.07, 6.45) is -1.28. The van der Waals surface area contributed by atoms with Crippen LogP contribution in [-0.4, -0.2) is 60.3 Å². The van der Waals surface area contributed by atoms with Gasteiger partial charge in [-0.25, -0.2) is 31.9 Å². The molecule has 1 saturated carbocycles. The molecule has 9 nitrogen and oxygen atoms in total. The van der Waals surface area contributed by atoms with Crippen LogP contribution in [0.4, 0.5) is 14.7 Å². The minimum Gasteiger partial charge on any atom is -0.338 e. The lowest BCUT2D eigenvalue weighted by Gasteiger charge is -2.28. The number of rotatable bonds is 6. The molecule has 0 bridgehead atoms. The molecule has 1 aliphatic heterocycles. The Morgan fingerprint density at radius 1 is 1.21 bits per heavy atom. The Morgan fingerprint density at radius 3 is 2.58 bits per heavy atom. The molecule has 176 valence electrons. The van der Waals surface area contributed by atoms with E-state index in [2.05, 4.69) is 30.2 Å². The molecule has 0 amide bonds. The largest absolute Gasteiger partial charge is 0.338 e. The number of fused-ring (bicyclic) bond motifs is 1. The van der Waals surface area contributed by atoms with Gasteiger partial charge in [-0.15, -0.1) is 10.2 Å². The van der Waals surface area contributed by atoms with E-state index in [1.807, 2.05) is 11.8 Å². The second-order valence-corrected chi connectivity index (χ2v) is 11.4. The maximum atomic E-state index is 13.2. The van der Waals surface area contributed by atoms with E-state index in [1.54, 1.807) is 0 Å². The molecule has 2 aromatic heterocycles. The summed E-state index contributed by atoms with van der Waals surface area (Å²) in [5, 5.41) is 10.8. The van der Waals surface area contributed by atoms with E-state index >= 15 is 0 Å². The number of hydrogen-bond acceptors (Lipinski definition) is 9. The van der Waals surface area contributed by atoms with Crippen molar-refractivity contribution in [3.8, 4) is 10.7 Å². The molecule has 3 aromatic rings. The zero-order chi connectivity index (χ0) is 23.4. The van der Waals surface area contributed by atoms with Crippen LogP contribution in [0.15, 0.2) is 17.0 Å². The predicted octanol–water partition coefficient (Wildman–Crippen LogP) is 2.98. The average Bonchev–Trinajstić information content (AvgIpc) is 3.29. The Balaban J connectivity index is 1.69. The quantitative estimate of drug-likeness (QED) is 0.515. The topological polar surface area (TPSA) is 113 Å². The second kappa shape index (κ2) is 8.31. The highest BCUT2D eigenvalue weighted by Crippen LogP contribution is 2.39. The zero-order valence-electron chi connectivity index (χ0n) is 17.5. The minimum atomic E-state index is -3.87. The normalized spacial score (nSPS) is 18.3. The highest BCUT2D eigenvalue weighted by Gasteiger charge is 2.41. The molecular formula is C19H20ClF2N7O2S2. The van der Waals surface area contributed by atoms with E-state index in [-0.39, 0.29) is 20.6 Å².